The van der Waals surface area contributed by atoms with E-state index in [1.54, 1.807) is 13.3 Å². The summed E-state index contributed by atoms with van der Waals surface area (Å²) in [6, 6.07) is 15.8. The second-order valence-electron chi connectivity index (χ2n) is 7.15. The molecule has 0 unspecified atom stereocenters. The maximum Gasteiger partial charge on any atom is 0.163 e. The molecule has 6 nitrogen and oxygen atoms in total. The molecule has 4 aromatic rings. The van der Waals surface area contributed by atoms with Gasteiger partial charge in [-0.05, 0) is 30.2 Å². The minimum absolute atomic E-state index is 0.368. The van der Waals surface area contributed by atoms with Crippen molar-refractivity contribution in [3.63, 3.8) is 0 Å². The number of hydrogen-bond donors (Lipinski definition) is 1. The monoisotopic (exact) mass is 373 g/mol. The highest BCUT2D eigenvalue weighted by molar-refractivity contribution is 5.82. The van der Waals surface area contributed by atoms with E-state index >= 15 is 0 Å². The van der Waals surface area contributed by atoms with Crippen molar-refractivity contribution in [3.8, 4) is 28.5 Å². The molecule has 0 atom stereocenters. The number of rotatable bonds is 5. The molecule has 0 aliphatic heterocycles. The van der Waals surface area contributed by atoms with Crippen molar-refractivity contribution in [3.05, 3.63) is 54.7 Å². The van der Waals surface area contributed by atoms with E-state index in [1.807, 2.05) is 42.5 Å². The van der Waals surface area contributed by atoms with Gasteiger partial charge in [0.05, 0.1) is 30.0 Å². The zero-order valence-electron chi connectivity index (χ0n) is 16.3. The molecule has 0 amide bonds. The van der Waals surface area contributed by atoms with Gasteiger partial charge in [0.2, 0.25) is 0 Å². The molecule has 0 bridgehead atoms. The highest BCUT2D eigenvalue weighted by Gasteiger charge is 2.18. The van der Waals surface area contributed by atoms with Crippen LogP contribution in [-0.2, 0) is 6.54 Å². The van der Waals surface area contributed by atoms with Crippen molar-refractivity contribution in [2.24, 2.45) is 5.92 Å². The Morgan fingerprint density at radius 1 is 1.07 bits per heavy atom. The van der Waals surface area contributed by atoms with Gasteiger partial charge in [-0.15, -0.1) is 0 Å². The van der Waals surface area contributed by atoms with Crippen LogP contribution in [-0.4, -0.2) is 26.6 Å². The zero-order valence-corrected chi connectivity index (χ0v) is 16.3. The molecule has 0 fully saturated rings. The molecular weight excluding hydrogens is 350 g/mol. The van der Waals surface area contributed by atoms with Gasteiger partial charge in [-0.3, -0.25) is 0 Å². The van der Waals surface area contributed by atoms with Gasteiger partial charge in [0.1, 0.15) is 11.4 Å². The fraction of sp³-hybridized carbons (Fsp3) is 0.227. The number of methoxy groups -OCH3 is 1. The molecule has 2 aromatic heterocycles. The normalized spacial score (nSPS) is 11.3. The molecule has 0 radical (unpaired) electrons. The Bertz CT molecular complexity index is 1130. The first kappa shape index (κ1) is 18.0. The molecular formula is C22H23N5O. The second kappa shape index (κ2) is 7.31. The van der Waals surface area contributed by atoms with Crippen LogP contribution in [0.4, 0.5) is 5.82 Å². The lowest BCUT2D eigenvalue weighted by molar-refractivity contribution is 0.415. The Hall–Kier alpha value is -3.41. The van der Waals surface area contributed by atoms with E-state index in [4.69, 9.17) is 20.4 Å². The largest absolute Gasteiger partial charge is 0.497 e. The maximum absolute atomic E-state index is 6.23. The van der Waals surface area contributed by atoms with Crippen molar-refractivity contribution in [1.82, 2.24) is 19.5 Å². The molecule has 0 aliphatic carbocycles. The second-order valence-corrected chi connectivity index (χ2v) is 7.15. The van der Waals surface area contributed by atoms with Gasteiger partial charge in [-0.25, -0.2) is 15.0 Å². The predicted molar refractivity (Wildman–Crippen MR) is 112 cm³/mol. The molecule has 28 heavy (non-hydrogen) atoms. The van der Waals surface area contributed by atoms with Crippen molar-refractivity contribution in [2.75, 3.05) is 12.8 Å². The number of benzene rings is 2. The summed E-state index contributed by atoms with van der Waals surface area (Å²) >= 11 is 0. The van der Waals surface area contributed by atoms with Crippen LogP contribution in [0.15, 0.2) is 54.7 Å². The number of fused-ring (bicyclic) bond motifs is 1. The standard InChI is InChI=1S/C22H23N5O/c1-14(2)13-27-19-10-5-4-9-17(19)26-22(27)20-21(23)24-12-18(25-20)15-7-6-8-16(11-15)28-3/h4-12,14H,13H2,1-3H3,(H2,23,24). The van der Waals surface area contributed by atoms with Gasteiger partial charge < -0.3 is 15.0 Å². The highest BCUT2D eigenvalue weighted by atomic mass is 16.5. The minimum Gasteiger partial charge on any atom is -0.497 e. The van der Waals surface area contributed by atoms with Crippen LogP contribution in [0.1, 0.15) is 13.8 Å². The third-order valence-electron chi connectivity index (χ3n) is 4.58. The van der Waals surface area contributed by atoms with Crippen molar-refractivity contribution < 1.29 is 4.74 Å². The Morgan fingerprint density at radius 3 is 2.68 bits per heavy atom. The Kier molecular flexibility index (Phi) is 4.69. The number of imidazole rings is 1. The SMILES string of the molecule is COc1cccc(-c2cnc(N)c(-c3nc4ccccc4n3CC(C)C)n2)c1. The first-order chi connectivity index (χ1) is 13.6. The number of aromatic nitrogens is 4. The topological polar surface area (TPSA) is 78.9 Å². The molecule has 0 saturated carbocycles. The summed E-state index contributed by atoms with van der Waals surface area (Å²) in [5.41, 5.74) is 10.5. The van der Waals surface area contributed by atoms with Gasteiger partial charge in [-0.1, -0.05) is 38.1 Å². The minimum atomic E-state index is 0.368. The van der Waals surface area contributed by atoms with E-state index in [2.05, 4.69) is 29.5 Å². The lowest BCUT2D eigenvalue weighted by Gasteiger charge is -2.13. The number of nitrogen functional groups attached to an aromatic ring is 1. The first-order valence-corrected chi connectivity index (χ1v) is 9.29. The van der Waals surface area contributed by atoms with Crippen LogP contribution < -0.4 is 10.5 Å². The van der Waals surface area contributed by atoms with E-state index in [0.717, 1.165) is 40.4 Å². The third kappa shape index (κ3) is 3.29. The van der Waals surface area contributed by atoms with E-state index in [1.165, 1.54) is 0 Å². The summed E-state index contributed by atoms with van der Waals surface area (Å²) < 4.78 is 7.50. The number of nitrogens with zero attached hydrogens (tertiary/aromatic N) is 4. The van der Waals surface area contributed by atoms with Crippen LogP contribution in [0.2, 0.25) is 0 Å². The lowest BCUT2D eigenvalue weighted by Crippen LogP contribution is -2.09. The summed E-state index contributed by atoms with van der Waals surface area (Å²) in [6.45, 7) is 5.18. The van der Waals surface area contributed by atoms with Crippen LogP contribution in [0, 0.1) is 5.92 Å². The summed E-state index contributed by atoms with van der Waals surface area (Å²) in [7, 11) is 1.65. The molecule has 0 spiro atoms. The Balaban J connectivity index is 1.89. The average molecular weight is 373 g/mol. The van der Waals surface area contributed by atoms with Gasteiger partial charge in [0, 0.05) is 12.1 Å². The quantitative estimate of drug-likeness (QED) is 0.561. The van der Waals surface area contributed by atoms with Crippen molar-refractivity contribution in [1.29, 1.82) is 0 Å². The highest BCUT2D eigenvalue weighted by Crippen LogP contribution is 2.30. The van der Waals surface area contributed by atoms with Gasteiger partial charge in [0.25, 0.3) is 0 Å². The smallest absolute Gasteiger partial charge is 0.163 e. The van der Waals surface area contributed by atoms with E-state index in [9.17, 15) is 0 Å². The molecule has 142 valence electrons. The van der Waals surface area contributed by atoms with Crippen molar-refractivity contribution in [2.45, 2.75) is 20.4 Å². The molecule has 6 heteroatoms. The molecule has 4 rings (SSSR count). The van der Waals surface area contributed by atoms with E-state index < -0.39 is 0 Å². The van der Waals surface area contributed by atoms with Gasteiger partial charge in [-0.2, -0.15) is 0 Å². The van der Waals surface area contributed by atoms with Crippen LogP contribution in [0.25, 0.3) is 33.8 Å². The molecule has 2 N–H and O–H groups in total. The zero-order chi connectivity index (χ0) is 19.7. The van der Waals surface area contributed by atoms with Crippen LogP contribution >= 0.6 is 0 Å². The maximum atomic E-state index is 6.23. The van der Waals surface area contributed by atoms with E-state index in [-0.39, 0.29) is 0 Å². The third-order valence-corrected chi connectivity index (χ3v) is 4.58. The fourth-order valence-corrected chi connectivity index (χ4v) is 3.29. The summed E-state index contributed by atoms with van der Waals surface area (Å²) in [6.07, 6.45) is 1.68. The number of para-hydroxylation sites is 2. The van der Waals surface area contributed by atoms with Crippen LogP contribution in [0.3, 0.4) is 0 Å². The number of hydrogen-bond acceptors (Lipinski definition) is 5. The molecule has 2 aromatic carbocycles. The van der Waals surface area contributed by atoms with Crippen molar-refractivity contribution >= 4 is 16.9 Å². The predicted octanol–water partition coefficient (Wildman–Crippen LogP) is 4.41. The Labute approximate surface area is 164 Å². The lowest BCUT2D eigenvalue weighted by atomic mass is 10.1. The van der Waals surface area contributed by atoms with Gasteiger partial charge >= 0.3 is 0 Å². The number of nitrogens with two attached hydrogens (primary N) is 1. The fourth-order valence-electron chi connectivity index (χ4n) is 3.29. The summed E-state index contributed by atoms with van der Waals surface area (Å²) in [5.74, 6) is 2.33. The first-order valence-electron chi connectivity index (χ1n) is 9.29. The molecule has 0 aliphatic rings. The summed E-state index contributed by atoms with van der Waals surface area (Å²) in [4.78, 5) is 14.0. The molecule has 2 heterocycles. The van der Waals surface area contributed by atoms with Gasteiger partial charge in [0.15, 0.2) is 11.6 Å². The number of ether oxygens (including phenoxy) is 1. The summed E-state index contributed by atoms with van der Waals surface area (Å²) in [5, 5.41) is 0. The molecule has 0 saturated heterocycles. The van der Waals surface area contributed by atoms with Crippen LogP contribution in [0.5, 0.6) is 5.75 Å². The average Bonchev–Trinajstić information content (AvgIpc) is 3.06. The number of anilines is 1. The Morgan fingerprint density at radius 2 is 1.89 bits per heavy atom. The van der Waals surface area contributed by atoms with E-state index in [0.29, 0.717) is 17.4 Å².